The molecule has 0 aliphatic carbocycles. The van der Waals surface area contributed by atoms with E-state index in [9.17, 15) is 24.2 Å². The van der Waals surface area contributed by atoms with Crippen molar-refractivity contribution in [3.05, 3.63) is 63.3 Å². The minimum atomic E-state index is -0.720. The van der Waals surface area contributed by atoms with E-state index in [4.69, 9.17) is 4.74 Å². The van der Waals surface area contributed by atoms with Crippen molar-refractivity contribution in [2.24, 2.45) is 0 Å². The fourth-order valence-electron chi connectivity index (χ4n) is 4.54. The number of aromatic nitrogens is 2. The monoisotopic (exact) mass is 512 g/mol. The zero-order valence-corrected chi connectivity index (χ0v) is 21.2. The van der Waals surface area contributed by atoms with E-state index in [1.807, 2.05) is 7.05 Å². The summed E-state index contributed by atoms with van der Waals surface area (Å²) in [6.07, 6.45) is 4.03. The summed E-state index contributed by atoms with van der Waals surface area (Å²) in [7, 11) is 2.02. The standard InChI is InChI=1S/C27H33FN4O5/c1-3-4-11-31(2)12-5-10-29-26(35)21-24(34)22-23-25(37-20(16-33)15-32(23)27(21)36)18(14-30-22)13-17-6-8-19(28)9-7-17/h6-9,14,20,33-34H,3-5,10-13,15-16H2,1-2H3,(H,29,35). The fourth-order valence-corrected chi connectivity index (χ4v) is 4.54. The Hall–Kier alpha value is -3.50. The van der Waals surface area contributed by atoms with Crippen molar-refractivity contribution in [1.82, 2.24) is 19.8 Å². The first kappa shape index (κ1) is 26.6. The van der Waals surface area contributed by atoms with Crippen LogP contribution >= 0.6 is 0 Å². The predicted octanol–water partition coefficient (Wildman–Crippen LogP) is 2.44. The number of ether oxygens (including phenoxy) is 1. The topological polar surface area (TPSA) is 117 Å². The molecular weight excluding hydrogens is 479 g/mol. The van der Waals surface area contributed by atoms with E-state index in [0.717, 1.165) is 31.5 Å². The number of halogens is 1. The number of aromatic hydroxyl groups is 1. The number of hydrogen-bond acceptors (Lipinski definition) is 7. The molecule has 1 atom stereocenters. The second kappa shape index (κ2) is 11.7. The highest BCUT2D eigenvalue weighted by molar-refractivity contribution is 6.02. The number of unbranched alkanes of at least 4 members (excludes halogenated alkanes) is 1. The molecule has 3 N–H and O–H groups in total. The van der Waals surface area contributed by atoms with Gasteiger partial charge in [-0.3, -0.25) is 19.1 Å². The third-order valence-corrected chi connectivity index (χ3v) is 6.58. The van der Waals surface area contributed by atoms with Gasteiger partial charge >= 0.3 is 0 Å². The molecule has 0 fully saturated rings. The smallest absolute Gasteiger partial charge is 0.268 e. The highest BCUT2D eigenvalue weighted by Crippen LogP contribution is 2.37. The minimum Gasteiger partial charge on any atom is -0.505 e. The summed E-state index contributed by atoms with van der Waals surface area (Å²) in [5, 5.41) is 23.5. The van der Waals surface area contributed by atoms with Gasteiger partial charge < -0.3 is 25.2 Å². The highest BCUT2D eigenvalue weighted by Gasteiger charge is 2.31. The summed E-state index contributed by atoms with van der Waals surface area (Å²) in [5.41, 5.74) is 0.679. The molecule has 2 aromatic heterocycles. The molecule has 1 aliphatic heterocycles. The largest absolute Gasteiger partial charge is 0.505 e. The Morgan fingerprint density at radius 1 is 1.27 bits per heavy atom. The van der Waals surface area contributed by atoms with E-state index in [-0.39, 0.29) is 35.6 Å². The number of pyridine rings is 2. The molecule has 0 radical (unpaired) electrons. The number of aliphatic hydroxyl groups is 1. The van der Waals surface area contributed by atoms with Crippen LogP contribution in [0.3, 0.4) is 0 Å². The molecule has 9 nitrogen and oxygen atoms in total. The third-order valence-electron chi connectivity index (χ3n) is 6.58. The van der Waals surface area contributed by atoms with Crippen molar-refractivity contribution in [2.45, 2.75) is 45.3 Å². The lowest BCUT2D eigenvalue weighted by atomic mass is 10.0. The van der Waals surface area contributed by atoms with Crippen LogP contribution in [0.25, 0.3) is 11.0 Å². The lowest BCUT2D eigenvalue weighted by Gasteiger charge is -2.28. The molecule has 1 aromatic carbocycles. The van der Waals surface area contributed by atoms with Crippen molar-refractivity contribution < 1.29 is 24.1 Å². The molecule has 0 spiro atoms. The van der Waals surface area contributed by atoms with E-state index >= 15 is 0 Å². The number of carbonyl (C=O) groups is 1. The van der Waals surface area contributed by atoms with Crippen LogP contribution in [0.5, 0.6) is 11.5 Å². The van der Waals surface area contributed by atoms with E-state index < -0.39 is 23.3 Å². The Balaban J connectivity index is 1.64. The zero-order chi connectivity index (χ0) is 26.5. The molecule has 3 aromatic rings. The average Bonchev–Trinajstić information content (AvgIpc) is 2.90. The zero-order valence-electron chi connectivity index (χ0n) is 21.2. The Morgan fingerprint density at radius 2 is 2.00 bits per heavy atom. The van der Waals surface area contributed by atoms with E-state index in [0.29, 0.717) is 30.7 Å². The number of amides is 1. The van der Waals surface area contributed by atoms with Crippen LogP contribution in [0.2, 0.25) is 0 Å². The van der Waals surface area contributed by atoms with Gasteiger partial charge in [0.15, 0.2) is 11.5 Å². The van der Waals surface area contributed by atoms with Gasteiger partial charge in [0.05, 0.1) is 13.2 Å². The van der Waals surface area contributed by atoms with Crippen molar-refractivity contribution >= 4 is 16.9 Å². The SMILES string of the molecule is CCCCN(C)CCCNC(=O)c1c(O)c2ncc(Cc3ccc(F)cc3)c3c2n(c1=O)CC(CO)O3. The van der Waals surface area contributed by atoms with Gasteiger partial charge in [0, 0.05) is 24.7 Å². The highest BCUT2D eigenvalue weighted by atomic mass is 19.1. The van der Waals surface area contributed by atoms with E-state index in [1.54, 1.807) is 12.1 Å². The Bertz CT molecular complexity index is 1330. The quantitative estimate of drug-likeness (QED) is 0.338. The van der Waals surface area contributed by atoms with Crippen molar-refractivity contribution in [2.75, 3.05) is 33.3 Å². The van der Waals surface area contributed by atoms with Crippen LogP contribution in [0.1, 0.15) is 47.7 Å². The molecule has 198 valence electrons. The van der Waals surface area contributed by atoms with Crippen LogP contribution in [0.4, 0.5) is 4.39 Å². The van der Waals surface area contributed by atoms with Crippen LogP contribution < -0.4 is 15.6 Å². The van der Waals surface area contributed by atoms with Gasteiger partial charge in [-0.05, 0) is 50.7 Å². The number of hydrogen-bond donors (Lipinski definition) is 3. The number of carbonyl (C=O) groups excluding carboxylic acids is 1. The summed E-state index contributed by atoms with van der Waals surface area (Å²) < 4.78 is 20.7. The molecule has 0 saturated heterocycles. The fraction of sp³-hybridized carbons (Fsp3) is 0.444. The number of nitrogens with zero attached hydrogens (tertiary/aromatic N) is 3. The molecule has 1 aliphatic rings. The second-order valence-corrected chi connectivity index (χ2v) is 9.44. The molecule has 0 saturated carbocycles. The van der Waals surface area contributed by atoms with E-state index in [1.165, 1.54) is 22.9 Å². The van der Waals surface area contributed by atoms with Crippen LogP contribution in [0, 0.1) is 5.82 Å². The summed E-state index contributed by atoms with van der Waals surface area (Å²) in [6, 6.07) is 5.97. The van der Waals surface area contributed by atoms with Gasteiger partial charge in [0.2, 0.25) is 0 Å². The average molecular weight is 513 g/mol. The normalized spacial score (nSPS) is 14.7. The summed E-state index contributed by atoms with van der Waals surface area (Å²) >= 11 is 0. The van der Waals surface area contributed by atoms with Gasteiger partial charge in [-0.1, -0.05) is 25.5 Å². The first-order chi connectivity index (χ1) is 17.8. The third kappa shape index (κ3) is 5.75. The molecular formula is C27H33FN4O5. The van der Waals surface area contributed by atoms with Crippen molar-refractivity contribution in [3.8, 4) is 11.5 Å². The van der Waals surface area contributed by atoms with Crippen LogP contribution in [-0.4, -0.2) is 70.0 Å². The molecule has 1 amide bonds. The molecule has 3 heterocycles. The maximum Gasteiger partial charge on any atom is 0.268 e. The predicted molar refractivity (Wildman–Crippen MR) is 138 cm³/mol. The lowest BCUT2D eigenvalue weighted by Crippen LogP contribution is -2.40. The number of rotatable bonds is 11. The van der Waals surface area contributed by atoms with Gasteiger partial charge in [-0.2, -0.15) is 0 Å². The first-order valence-corrected chi connectivity index (χ1v) is 12.6. The Kier molecular flexibility index (Phi) is 8.40. The van der Waals surface area contributed by atoms with E-state index in [2.05, 4.69) is 22.1 Å². The van der Waals surface area contributed by atoms with Crippen molar-refractivity contribution in [1.29, 1.82) is 0 Å². The lowest BCUT2D eigenvalue weighted by molar-refractivity contribution is 0.0913. The number of aliphatic hydroxyl groups excluding tert-OH is 1. The minimum absolute atomic E-state index is 0.00327. The second-order valence-electron chi connectivity index (χ2n) is 9.44. The summed E-state index contributed by atoms with van der Waals surface area (Å²) in [4.78, 5) is 32.9. The van der Waals surface area contributed by atoms with Gasteiger partial charge in [0.1, 0.15) is 28.5 Å². The molecule has 4 rings (SSSR count). The maximum absolute atomic E-state index is 13.4. The van der Waals surface area contributed by atoms with Crippen LogP contribution in [-0.2, 0) is 13.0 Å². The molecule has 10 heteroatoms. The summed E-state index contributed by atoms with van der Waals surface area (Å²) in [5.74, 6) is -1.23. The Labute approximate surface area is 214 Å². The van der Waals surface area contributed by atoms with Crippen LogP contribution in [0.15, 0.2) is 35.3 Å². The summed E-state index contributed by atoms with van der Waals surface area (Å²) in [6.45, 7) is 3.92. The van der Waals surface area contributed by atoms with Gasteiger partial charge in [-0.15, -0.1) is 0 Å². The maximum atomic E-state index is 13.4. The Morgan fingerprint density at radius 3 is 2.70 bits per heavy atom. The number of benzene rings is 1. The first-order valence-electron chi connectivity index (χ1n) is 12.6. The van der Waals surface area contributed by atoms with Gasteiger partial charge in [0.25, 0.3) is 11.5 Å². The number of nitrogens with one attached hydrogen (secondary N) is 1. The van der Waals surface area contributed by atoms with Gasteiger partial charge in [-0.25, -0.2) is 4.39 Å². The van der Waals surface area contributed by atoms with Crippen molar-refractivity contribution in [3.63, 3.8) is 0 Å². The molecule has 0 bridgehead atoms. The molecule has 1 unspecified atom stereocenters. The molecule has 37 heavy (non-hydrogen) atoms.